The molecule has 0 atom stereocenters. The number of sulfone groups is 1. The second-order valence-corrected chi connectivity index (χ2v) is 10.8. The van der Waals surface area contributed by atoms with Crippen LogP contribution in [0.4, 0.5) is 5.13 Å². The lowest BCUT2D eigenvalue weighted by Gasteiger charge is -2.08. The van der Waals surface area contributed by atoms with Gasteiger partial charge in [0.05, 0.1) is 27.8 Å². The van der Waals surface area contributed by atoms with E-state index in [9.17, 15) is 18.0 Å². The highest BCUT2D eigenvalue weighted by Gasteiger charge is 2.19. The van der Waals surface area contributed by atoms with Crippen LogP contribution in [0.2, 0.25) is 0 Å². The number of para-hydroxylation sites is 1. The molecule has 4 rings (SSSR count). The van der Waals surface area contributed by atoms with Crippen molar-refractivity contribution >= 4 is 43.2 Å². The van der Waals surface area contributed by atoms with Crippen LogP contribution in [-0.2, 0) is 21.1 Å². The van der Waals surface area contributed by atoms with Gasteiger partial charge in [0.1, 0.15) is 5.58 Å². The molecule has 0 fully saturated rings. The summed E-state index contributed by atoms with van der Waals surface area (Å²) in [5.74, 6) is -0.295. The lowest BCUT2D eigenvalue weighted by molar-refractivity contribution is -0.115. The zero-order valence-corrected chi connectivity index (χ0v) is 19.0. The zero-order valence-electron chi connectivity index (χ0n) is 17.4. The third-order valence-electron chi connectivity index (χ3n) is 4.91. The maximum absolute atomic E-state index is 12.4. The molecule has 2 heterocycles. The van der Waals surface area contributed by atoms with Crippen molar-refractivity contribution in [2.24, 2.45) is 0 Å². The maximum Gasteiger partial charge on any atom is 0.345 e. The largest absolute Gasteiger partial charge is 0.422 e. The van der Waals surface area contributed by atoms with Gasteiger partial charge in [-0.25, -0.2) is 18.2 Å². The second-order valence-electron chi connectivity index (χ2n) is 7.49. The molecule has 0 aliphatic rings. The summed E-state index contributed by atoms with van der Waals surface area (Å²) in [6.45, 7) is 3.25. The number of carbonyl (C=O) groups is 1. The molecule has 0 saturated carbocycles. The number of benzene rings is 2. The van der Waals surface area contributed by atoms with Crippen molar-refractivity contribution in [2.45, 2.75) is 30.4 Å². The molecular formula is C23H20N2O5S2. The van der Waals surface area contributed by atoms with Crippen LogP contribution in [0.3, 0.4) is 0 Å². The monoisotopic (exact) mass is 468 g/mol. The summed E-state index contributed by atoms with van der Waals surface area (Å²) in [5, 5.41) is 5.03. The van der Waals surface area contributed by atoms with Crippen LogP contribution in [0.15, 0.2) is 74.1 Å². The molecule has 0 aliphatic carbocycles. The van der Waals surface area contributed by atoms with Crippen LogP contribution in [0, 0.1) is 0 Å². The number of hydrogen-bond donors (Lipinski definition) is 1. The Labute approximate surface area is 188 Å². The Morgan fingerprint density at radius 1 is 1.12 bits per heavy atom. The Hall–Kier alpha value is -3.30. The summed E-state index contributed by atoms with van der Waals surface area (Å²) >= 11 is 1.20. The average molecular weight is 469 g/mol. The van der Waals surface area contributed by atoms with Gasteiger partial charge >= 0.3 is 5.63 Å². The first-order chi connectivity index (χ1) is 15.2. The minimum absolute atomic E-state index is 0.0645. The number of aromatic nitrogens is 1. The van der Waals surface area contributed by atoms with Crippen LogP contribution < -0.4 is 10.9 Å². The number of nitrogens with one attached hydrogen (secondary N) is 1. The minimum Gasteiger partial charge on any atom is -0.422 e. The number of amides is 1. The van der Waals surface area contributed by atoms with E-state index < -0.39 is 20.7 Å². The minimum atomic E-state index is -3.35. The van der Waals surface area contributed by atoms with E-state index in [1.54, 1.807) is 49.6 Å². The summed E-state index contributed by atoms with van der Waals surface area (Å²) < 4.78 is 29.8. The highest BCUT2D eigenvalue weighted by atomic mass is 32.2. The summed E-state index contributed by atoms with van der Waals surface area (Å²) in [6, 6.07) is 15.2. The quantitative estimate of drug-likeness (QED) is 0.423. The van der Waals surface area contributed by atoms with Gasteiger partial charge in [-0.2, -0.15) is 0 Å². The number of fused-ring (bicyclic) bond motifs is 1. The van der Waals surface area contributed by atoms with Crippen molar-refractivity contribution in [3.05, 3.63) is 76.0 Å². The van der Waals surface area contributed by atoms with E-state index in [0.29, 0.717) is 27.5 Å². The standard InChI is InChI=1S/C23H20N2O5S2/c1-14(2)32(28,29)17-9-7-15(8-10-17)11-21(26)25-23-24-19(13-31-23)18-12-16-5-3-4-6-20(16)30-22(18)27/h3-10,12-14H,11H2,1-2H3,(H,24,25,26). The Bertz CT molecular complexity index is 1450. The Balaban J connectivity index is 1.47. The predicted octanol–water partition coefficient (Wildman–Crippen LogP) is 4.28. The fourth-order valence-electron chi connectivity index (χ4n) is 3.11. The summed E-state index contributed by atoms with van der Waals surface area (Å²) in [4.78, 5) is 29.3. The molecule has 32 heavy (non-hydrogen) atoms. The van der Waals surface area contributed by atoms with Gasteiger partial charge in [0, 0.05) is 10.8 Å². The molecule has 7 nitrogen and oxygen atoms in total. The van der Waals surface area contributed by atoms with Crippen LogP contribution in [-0.4, -0.2) is 24.6 Å². The van der Waals surface area contributed by atoms with Gasteiger partial charge in [0.2, 0.25) is 5.91 Å². The maximum atomic E-state index is 12.4. The first-order valence-electron chi connectivity index (χ1n) is 9.85. The number of thiazole rings is 1. The van der Waals surface area contributed by atoms with Gasteiger partial charge < -0.3 is 9.73 Å². The average Bonchev–Trinajstić information content (AvgIpc) is 3.21. The lowest BCUT2D eigenvalue weighted by Crippen LogP contribution is -2.15. The summed E-state index contributed by atoms with van der Waals surface area (Å²) in [5.41, 5.74) is 1.42. The van der Waals surface area contributed by atoms with E-state index in [1.807, 2.05) is 12.1 Å². The van der Waals surface area contributed by atoms with Crippen LogP contribution in [0.25, 0.3) is 22.2 Å². The number of carbonyl (C=O) groups excluding carboxylic acids is 1. The van der Waals surface area contributed by atoms with Crippen LogP contribution in [0.1, 0.15) is 19.4 Å². The van der Waals surface area contributed by atoms with E-state index in [2.05, 4.69) is 10.3 Å². The fraction of sp³-hybridized carbons (Fsp3) is 0.174. The molecule has 4 aromatic rings. The van der Waals surface area contributed by atoms with Gasteiger partial charge in [-0.1, -0.05) is 30.3 Å². The van der Waals surface area contributed by atoms with E-state index in [0.717, 1.165) is 5.39 Å². The van der Waals surface area contributed by atoms with Crippen molar-refractivity contribution in [1.29, 1.82) is 0 Å². The first kappa shape index (κ1) is 21.9. The molecule has 1 amide bonds. The number of rotatable bonds is 6. The highest BCUT2D eigenvalue weighted by molar-refractivity contribution is 7.92. The molecular weight excluding hydrogens is 448 g/mol. The third-order valence-corrected chi connectivity index (χ3v) is 7.83. The lowest BCUT2D eigenvalue weighted by atomic mass is 10.1. The summed E-state index contributed by atoms with van der Waals surface area (Å²) in [7, 11) is -3.35. The van der Waals surface area contributed by atoms with Crippen molar-refractivity contribution in [3.63, 3.8) is 0 Å². The Morgan fingerprint density at radius 3 is 2.56 bits per heavy atom. The molecule has 164 valence electrons. The van der Waals surface area contributed by atoms with Crippen LogP contribution >= 0.6 is 11.3 Å². The molecule has 0 radical (unpaired) electrons. The molecule has 2 aromatic heterocycles. The molecule has 0 saturated heterocycles. The van der Waals surface area contributed by atoms with E-state index in [4.69, 9.17) is 4.42 Å². The highest BCUT2D eigenvalue weighted by Crippen LogP contribution is 2.25. The van der Waals surface area contributed by atoms with Gasteiger partial charge in [0.15, 0.2) is 15.0 Å². The Kier molecular flexibility index (Phi) is 5.94. The number of hydrogen-bond acceptors (Lipinski definition) is 7. The van der Waals surface area contributed by atoms with E-state index in [1.165, 1.54) is 23.5 Å². The van der Waals surface area contributed by atoms with Gasteiger partial charge in [-0.3, -0.25) is 4.79 Å². The molecule has 0 spiro atoms. The second kappa shape index (κ2) is 8.68. The zero-order chi connectivity index (χ0) is 22.9. The van der Waals surface area contributed by atoms with E-state index >= 15 is 0 Å². The Morgan fingerprint density at radius 2 is 1.84 bits per heavy atom. The summed E-state index contributed by atoms with van der Waals surface area (Å²) in [6.07, 6.45) is 0.0645. The van der Waals surface area contributed by atoms with Gasteiger partial charge in [-0.15, -0.1) is 11.3 Å². The number of anilines is 1. The first-order valence-corrected chi connectivity index (χ1v) is 12.3. The molecule has 2 aromatic carbocycles. The van der Waals surface area contributed by atoms with Crippen molar-refractivity contribution < 1.29 is 17.6 Å². The molecule has 0 aliphatic heterocycles. The van der Waals surface area contributed by atoms with Crippen molar-refractivity contribution in [1.82, 2.24) is 4.98 Å². The molecule has 0 unspecified atom stereocenters. The normalized spacial score (nSPS) is 11.7. The topological polar surface area (TPSA) is 106 Å². The van der Waals surface area contributed by atoms with Crippen LogP contribution in [0.5, 0.6) is 0 Å². The fourth-order valence-corrected chi connectivity index (χ4v) is 4.90. The predicted molar refractivity (Wildman–Crippen MR) is 125 cm³/mol. The van der Waals surface area contributed by atoms with E-state index in [-0.39, 0.29) is 17.2 Å². The van der Waals surface area contributed by atoms with Crippen molar-refractivity contribution in [2.75, 3.05) is 5.32 Å². The van der Waals surface area contributed by atoms with Crippen molar-refractivity contribution in [3.8, 4) is 11.3 Å². The molecule has 1 N–H and O–H groups in total. The van der Waals surface area contributed by atoms with Gasteiger partial charge in [0.25, 0.3) is 0 Å². The van der Waals surface area contributed by atoms with Gasteiger partial charge in [-0.05, 0) is 43.7 Å². The number of nitrogens with zero attached hydrogens (tertiary/aromatic N) is 1. The third kappa shape index (κ3) is 4.49. The smallest absolute Gasteiger partial charge is 0.345 e. The molecule has 0 bridgehead atoms. The molecule has 9 heteroatoms. The SMILES string of the molecule is CC(C)S(=O)(=O)c1ccc(CC(=O)Nc2nc(-c3cc4ccccc4oc3=O)cs2)cc1.